The Morgan fingerprint density at radius 2 is 2.06 bits per heavy atom. The van der Waals surface area contributed by atoms with Crippen LogP contribution in [-0.2, 0) is 14.3 Å². The molecule has 0 aromatic rings. The molecule has 1 aliphatic heterocycles. The maximum absolute atomic E-state index is 12.0. The summed E-state index contributed by atoms with van der Waals surface area (Å²) in [5, 5.41) is 0. The van der Waals surface area contributed by atoms with Crippen molar-refractivity contribution >= 4 is 5.97 Å². The van der Waals surface area contributed by atoms with Crippen molar-refractivity contribution in [3.63, 3.8) is 0 Å². The third-order valence-electron chi connectivity index (χ3n) is 4.42. The lowest BCUT2D eigenvalue weighted by atomic mass is 9.75. The molecular weight excluding hydrogens is 228 g/mol. The van der Waals surface area contributed by atoms with Crippen molar-refractivity contribution < 1.29 is 14.3 Å². The van der Waals surface area contributed by atoms with E-state index in [4.69, 9.17) is 9.47 Å². The molecule has 0 unspecified atom stereocenters. The Bertz CT molecular complexity index is 281. The summed E-state index contributed by atoms with van der Waals surface area (Å²) in [7, 11) is 0. The number of hydrogen-bond acceptors (Lipinski definition) is 3. The molecule has 2 aliphatic rings. The van der Waals surface area contributed by atoms with Gasteiger partial charge in [-0.15, -0.1) is 0 Å². The lowest BCUT2D eigenvalue weighted by Gasteiger charge is -2.37. The van der Waals surface area contributed by atoms with E-state index in [0.29, 0.717) is 24.4 Å². The van der Waals surface area contributed by atoms with Gasteiger partial charge in [0.25, 0.3) is 0 Å². The van der Waals surface area contributed by atoms with E-state index in [0.717, 1.165) is 19.3 Å². The molecular formula is C15H26O3. The summed E-state index contributed by atoms with van der Waals surface area (Å²) in [4.78, 5) is 12.0. The van der Waals surface area contributed by atoms with E-state index in [1.165, 1.54) is 12.8 Å². The highest BCUT2D eigenvalue weighted by molar-refractivity contribution is 5.75. The SMILES string of the molecule is CC(C)[C@@H]1CC[C@@H](C)C[C@H]1OC(=O)[C@@H]1CCCO1. The molecule has 1 saturated heterocycles. The van der Waals surface area contributed by atoms with Gasteiger partial charge in [-0.1, -0.05) is 27.2 Å². The summed E-state index contributed by atoms with van der Waals surface area (Å²) in [6.07, 6.45) is 5.07. The Morgan fingerprint density at radius 3 is 2.67 bits per heavy atom. The number of rotatable bonds is 3. The van der Waals surface area contributed by atoms with Gasteiger partial charge in [-0.05, 0) is 43.4 Å². The lowest BCUT2D eigenvalue weighted by Crippen LogP contribution is -2.38. The summed E-state index contributed by atoms with van der Waals surface area (Å²) in [5.41, 5.74) is 0. The fourth-order valence-electron chi connectivity index (χ4n) is 3.24. The molecule has 18 heavy (non-hydrogen) atoms. The number of esters is 1. The average molecular weight is 254 g/mol. The van der Waals surface area contributed by atoms with Crippen molar-refractivity contribution in [3.05, 3.63) is 0 Å². The van der Waals surface area contributed by atoms with Crippen molar-refractivity contribution in [1.82, 2.24) is 0 Å². The zero-order chi connectivity index (χ0) is 13.1. The van der Waals surface area contributed by atoms with Gasteiger partial charge in [0.05, 0.1) is 0 Å². The second kappa shape index (κ2) is 6.05. The predicted molar refractivity (Wildman–Crippen MR) is 70.2 cm³/mol. The molecule has 0 bridgehead atoms. The van der Waals surface area contributed by atoms with Gasteiger partial charge >= 0.3 is 5.97 Å². The zero-order valence-electron chi connectivity index (χ0n) is 11.9. The predicted octanol–water partition coefficient (Wildman–Crippen LogP) is 3.17. The first-order valence-electron chi connectivity index (χ1n) is 7.40. The Labute approximate surface area is 110 Å². The minimum absolute atomic E-state index is 0.102. The molecule has 3 nitrogen and oxygen atoms in total. The second-order valence-corrected chi connectivity index (χ2v) is 6.30. The van der Waals surface area contributed by atoms with E-state index < -0.39 is 0 Å². The standard InChI is InChI=1S/C15H26O3/c1-10(2)12-7-6-11(3)9-14(12)18-15(16)13-5-4-8-17-13/h10-14H,4-9H2,1-3H3/t11-,12+,13+,14-/m1/s1. The van der Waals surface area contributed by atoms with E-state index in [1.54, 1.807) is 0 Å². The molecule has 0 aromatic carbocycles. The van der Waals surface area contributed by atoms with Gasteiger partial charge in [-0.2, -0.15) is 0 Å². The lowest BCUT2D eigenvalue weighted by molar-refractivity contribution is -0.166. The average Bonchev–Trinajstić information content (AvgIpc) is 2.81. The first-order chi connectivity index (χ1) is 8.58. The molecule has 2 rings (SSSR count). The van der Waals surface area contributed by atoms with Crippen LogP contribution in [0.4, 0.5) is 0 Å². The van der Waals surface area contributed by atoms with Crippen molar-refractivity contribution in [2.75, 3.05) is 6.61 Å². The van der Waals surface area contributed by atoms with Crippen LogP contribution in [0, 0.1) is 17.8 Å². The van der Waals surface area contributed by atoms with Crippen LogP contribution in [0.1, 0.15) is 52.9 Å². The monoisotopic (exact) mass is 254 g/mol. The van der Waals surface area contributed by atoms with Gasteiger partial charge in [0, 0.05) is 6.61 Å². The van der Waals surface area contributed by atoms with Crippen LogP contribution in [0.15, 0.2) is 0 Å². The number of hydrogen-bond donors (Lipinski definition) is 0. The molecule has 3 heteroatoms. The van der Waals surface area contributed by atoms with Gasteiger partial charge in [-0.25, -0.2) is 4.79 Å². The fourth-order valence-corrected chi connectivity index (χ4v) is 3.24. The zero-order valence-corrected chi connectivity index (χ0v) is 11.9. The van der Waals surface area contributed by atoms with Crippen molar-refractivity contribution in [2.45, 2.75) is 65.1 Å². The minimum atomic E-state index is -0.296. The number of carbonyl (C=O) groups is 1. The normalized spacial score (nSPS) is 36.9. The Morgan fingerprint density at radius 1 is 1.28 bits per heavy atom. The third-order valence-corrected chi connectivity index (χ3v) is 4.42. The second-order valence-electron chi connectivity index (χ2n) is 6.30. The maximum Gasteiger partial charge on any atom is 0.335 e. The van der Waals surface area contributed by atoms with Gasteiger partial charge in [-0.3, -0.25) is 0 Å². The topological polar surface area (TPSA) is 35.5 Å². The minimum Gasteiger partial charge on any atom is -0.460 e. The number of ether oxygens (including phenoxy) is 2. The smallest absolute Gasteiger partial charge is 0.335 e. The van der Waals surface area contributed by atoms with Crippen LogP contribution in [0.2, 0.25) is 0 Å². The summed E-state index contributed by atoms with van der Waals surface area (Å²) in [5.74, 6) is 1.64. The van der Waals surface area contributed by atoms with E-state index in [1.807, 2.05) is 0 Å². The summed E-state index contributed by atoms with van der Waals surface area (Å²) in [6.45, 7) is 7.42. The molecule has 1 aliphatic carbocycles. The van der Waals surface area contributed by atoms with Crippen molar-refractivity contribution in [3.8, 4) is 0 Å². The molecule has 4 atom stereocenters. The molecule has 104 valence electrons. The highest BCUT2D eigenvalue weighted by atomic mass is 16.6. The fraction of sp³-hybridized carbons (Fsp3) is 0.933. The molecule has 0 N–H and O–H groups in total. The van der Waals surface area contributed by atoms with Crippen molar-refractivity contribution in [1.29, 1.82) is 0 Å². The van der Waals surface area contributed by atoms with E-state index >= 15 is 0 Å². The molecule has 2 fully saturated rings. The van der Waals surface area contributed by atoms with Crippen LogP contribution in [-0.4, -0.2) is 24.8 Å². The van der Waals surface area contributed by atoms with Gasteiger partial charge in [0.1, 0.15) is 6.10 Å². The van der Waals surface area contributed by atoms with Gasteiger partial charge < -0.3 is 9.47 Å². The van der Waals surface area contributed by atoms with Gasteiger partial charge in [0.2, 0.25) is 0 Å². The summed E-state index contributed by atoms with van der Waals surface area (Å²) >= 11 is 0. The Hall–Kier alpha value is -0.570. The third kappa shape index (κ3) is 3.25. The quantitative estimate of drug-likeness (QED) is 0.726. The first-order valence-corrected chi connectivity index (χ1v) is 7.40. The Balaban J connectivity index is 1.93. The van der Waals surface area contributed by atoms with E-state index in [2.05, 4.69) is 20.8 Å². The van der Waals surface area contributed by atoms with Crippen LogP contribution in [0.25, 0.3) is 0 Å². The van der Waals surface area contributed by atoms with Crippen LogP contribution < -0.4 is 0 Å². The largest absolute Gasteiger partial charge is 0.460 e. The van der Waals surface area contributed by atoms with Crippen LogP contribution in [0.5, 0.6) is 0 Å². The molecule has 0 amide bonds. The summed E-state index contributed by atoms with van der Waals surface area (Å²) < 4.78 is 11.2. The Kier molecular flexibility index (Phi) is 4.66. The highest BCUT2D eigenvalue weighted by Crippen LogP contribution is 2.35. The maximum atomic E-state index is 12.0. The first kappa shape index (κ1) is 13.9. The molecule has 1 saturated carbocycles. The van der Waals surface area contributed by atoms with Gasteiger partial charge in [0.15, 0.2) is 6.10 Å². The molecule has 0 spiro atoms. The number of carbonyl (C=O) groups excluding carboxylic acids is 1. The van der Waals surface area contributed by atoms with E-state index in [-0.39, 0.29) is 18.2 Å². The van der Waals surface area contributed by atoms with E-state index in [9.17, 15) is 4.79 Å². The molecule has 1 heterocycles. The molecule has 0 aromatic heterocycles. The highest BCUT2D eigenvalue weighted by Gasteiger charge is 2.35. The van der Waals surface area contributed by atoms with Crippen LogP contribution >= 0.6 is 0 Å². The molecule has 0 radical (unpaired) electrons. The van der Waals surface area contributed by atoms with Crippen LogP contribution in [0.3, 0.4) is 0 Å². The van der Waals surface area contributed by atoms with Crippen molar-refractivity contribution in [2.24, 2.45) is 17.8 Å². The summed E-state index contributed by atoms with van der Waals surface area (Å²) in [6, 6.07) is 0.